The predicted molar refractivity (Wildman–Crippen MR) is 58.0 cm³/mol. The number of rotatable bonds is 2. The fourth-order valence-electron chi connectivity index (χ4n) is 1.28. The number of hydrogen-bond donors (Lipinski definition) is 1. The number of halogens is 4. The summed E-state index contributed by atoms with van der Waals surface area (Å²) in [5, 5.41) is 3.01. The maximum absolute atomic E-state index is 13.1. The number of alkyl halides is 3. The third-order valence-electron chi connectivity index (χ3n) is 2.11. The van der Waals surface area contributed by atoms with Crippen LogP contribution in [0.5, 0.6) is 0 Å². The Morgan fingerprint density at radius 2 is 1.65 bits per heavy atom. The Labute approximate surface area is 97.8 Å². The topological polar surface area (TPSA) is 12.0 Å². The second-order valence-corrected chi connectivity index (χ2v) is 4.95. The van der Waals surface area contributed by atoms with Crippen molar-refractivity contribution >= 4 is 0 Å². The third kappa shape index (κ3) is 4.73. The lowest BCUT2D eigenvalue weighted by atomic mass is 10.1. The zero-order valence-electron chi connectivity index (χ0n) is 9.95. The smallest absolute Gasteiger partial charge is 0.308 e. The van der Waals surface area contributed by atoms with E-state index < -0.39 is 17.6 Å². The van der Waals surface area contributed by atoms with Crippen molar-refractivity contribution in [3.05, 3.63) is 35.1 Å². The van der Waals surface area contributed by atoms with Crippen LogP contribution in [0.2, 0.25) is 0 Å². The van der Waals surface area contributed by atoms with Crippen LogP contribution in [0.3, 0.4) is 0 Å². The molecule has 0 aromatic heterocycles. The zero-order valence-corrected chi connectivity index (χ0v) is 9.95. The molecule has 0 radical (unpaired) electrons. The molecule has 1 N–H and O–H groups in total. The molecule has 0 fully saturated rings. The van der Waals surface area contributed by atoms with Crippen LogP contribution < -0.4 is 5.32 Å². The summed E-state index contributed by atoms with van der Waals surface area (Å²) in [7, 11) is 0. The van der Waals surface area contributed by atoms with Gasteiger partial charge in [0.25, 0.3) is 0 Å². The van der Waals surface area contributed by atoms with Crippen molar-refractivity contribution in [1.82, 2.24) is 5.32 Å². The molecule has 1 rings (SSSR count). The van der Waals surface area contributed by atoms with Crippen LogP contribution in [0.25, 0.3) is 0 Å². The lowest BCUT2D eigenvalue weighted by Crippen LogP contribution is -2.35. The van der Waals surface area contributed by atoms with Crippen molar-refractivity contribution in [2.45, 2.75) is 39.0 Å². The number of hydrogen-bond acceptors (Lipinski definition) is 1. The van der Waals surface area contributed by atoms with Crippen LogP contribution in [-0.2, 0) is 12.7 Å². The fraction of sp³-hybridized carbons (Fsp3) is 0.500. The van der Waals surface area contributed by atoms with E-state index in [1.807, 2.05) is 20.8 Å². The summed E-state index contributed by atoms with van der Waals surface area (Å²) in [6.45, 7) is 5.86. The van der Waals surface area contributed by atoms with Gasteiger partial charge in [-0.1, -0.05) is 0 Å². The molecule has 0 bridgehead atoms. The number of benzene rings is 1. The van der Waals surface area contributed by atoms with E-state index in [0.717, 1.165) is 12.1 Å². The average Bonchev–Trinajstić information content (AvgIpc) is 2.11. The molecule has 0 aliphatic heterocycles. The standard InChI is InChI=1S/C12H15F4N/c1-11(2,3)17-7-8-4-9(12(14,15)16)6-10(13)5-8/h4-6,17H,7H2,1-3H3. The first-order chi connectivity index (χ1) is 7.58. The molecule has 0 saturated heterocycles. The molecular formula is C12H15F4N. The molecule has 0 heterocycles. The van der Waals surface area contributed by atoms with Crippen LogP contribution in [0.4, 0.5) is 17.6 Å². The van der Waals surface area contributed by atoms with Gasteiger partial charge in [0.15, 0.2) is 0 Å². The Morgan fingerprint density at radius 1 is 1.06 bits per heavy atom. The van der Waals surface area contributed by atoms with E-state index >= 15 is 0 Å². The van der Waals surface area contributed by atoms with E-state index in [-0.39, 0.29) is 17.6 Å². The number of nitrogens with one attached hydrogen (secondary N) is 1. The first-order valence-electron chi connectivity index (χ1n) is 5.20. The Hall–Kier alpha value is -1.10. The summed E-state index contributed by atoms with van der Waals surface area (Å²) in [6.07, 6.45) is -4.52. The SMILES string of the molecule is CC(C)(C)NCc1cc(F)cc(C(F)(F)F)c1. The zero-order chi connectivity index (χ0) is 13.3. The molecule has 96 valence electrons. The highest BCUT2D eigenvalue weighted by molar-refractivity contribution is 5.26. The van der Waals surface area contributed by atoms with Crippen LogP contribution in [0, 0.1) is 5.82 Å². The van der Waals surface area contributed by atoms with Crippen LogP contribution in [0.1, 0.15) is 31.9 Å². The molecular weight excluding hydrogens is 234 g/mol. The summed E-state index contributed by atoms with van der Waals surface area (Å²) in [4.78, 5) is 0. The van der Waals surface area contributed by atoms with Gasteiger partial charge in [0, 0.05) is 12.1 Å². The van der Waals surface area contributed by atoms with Crippen molar-refractivity contribution in [2.24, 2.45) is 0 Å². The average molecular weight is 249 g/mol. The monoisotopic (exact) mass is 249 g/mol. The molecule has 5 heteroatoms. The Balaban J connectivity index is 2.91. The van der Waals surface area contributed by atoms with Gasteiger partial charge in [0.05, 0.1) is 5.56 Å². The van der Waals surface area contributed by atoms with Gasteiger partial charge in [0.1, 0.15) is 5.82 Å². The highest BCUT2D eigenvalue weighted by Gasteiger charge is 2.31. The maximum atomic E-state index is 13.1. The Kier molecular flexibility index (Phi) is 3.81. The second kappa shape index (κ2) is 4.64. The molecule has 0 aliphatic carbocycles. The second-order valence-electron chi connectivity index (χ2n) is 4.95. The van der Waals surface area contributed by atoms with Crippen molar-refractivity contribution in [1.29, 1.82) is 0 Å². The molecule has 1 nitrogen and oxygen atoms in total. The molecule has 0 unspecified atom stereocenters. The van der Waals surface area contributed by atoms with E-state index in [1.54, 1.807) is 0 Å². The minimum absolute atomic E-state index is 0.199. The highest BCUT2D eigenvalue weighted by Crippen LogP contribution is 2.30. The molecule has 17 heavy (non-hydrogen) atoms. The molecule has 0 amide bonds. The van der Waals surface area contributed by atoms with Crippen molar-refractivity contribution in [3.8, 4) is 0 Å². The Morgan fingerprint density at radius 3 is 2.12 bits per heavy atom. The van der Waals surface area contributed by atoms with Gasteiger partial charge in [-0.15, -0.1) is 0 Å². The van der Waals surface area contributed by atoms with Gasteiger partial charge in [0.2, 0.25) is 0 Å². The first-order valence-corrected chi connectivity index (χ1v) is 5.20. The van der Waals surface area contributed by atoms with E-state index in [0.29, 0.717) is 6.07 Å². The van der Waals surface area contributed by atoms with Gasteiger partial charge >= 0.3 is 6.18 Å². The lowest BCUT2D eigenvalue weighted by molar-refractivity contribution is -0.137. The van der Waals surface area contributed by atoms with E-state index in [2.05, 4.69) is 5.32 Å². The molecule has 0 atom stereocenters. The summed E-state index contributed by atoms with van der Waals surface area (Å²) < 4.78 is 50.4. The van der Waals surface area contributed by atoms with Gasteiger partial charge in [-0.2, -0.15) is 13.2 Å². The molecule has 0 aliphatic rings. The minimum atomic E-state index is -4.52. The summed E-state index contributed by atoms with van der Waals surface area (Å²) >= 11 is 0. The van der Waals surface area contributed by atoms with Crippen molar-refractivity contribution < 1.29 is 17.6 Å². The fourth-order valence-corrected chi connectivity index (χ4v) is 1.28. The van der Waals surface area contributed by atoms with Crippen LogP contribution >= 0.6 is 0 Å². The van der Waals surface area contributed by atoms with Gasteiger partial charge in [-0.25, -0.2) is 4.39 Å². The van der Waals surface area contributed by atoms with Crippen molar-refractivity contribution in [2.75, 3.05) is 0 Å². The Bertz CT molecular complexity index is 390. The predicted octanol–water partition coefficient (Wildman–Crippen LogP) is 3.73. The lowest BCUT2D eigenvalue weighted by Gasteiger charge is -2.21. The van der Waals surface area contributed by atoms with Gasteiger partial charge < -0.3 is 5.32 Å². The molecule has 0 saturated carbocycles. The van der Waals surface area contributed by atoms with Gasteiger partial charge in [-0.05, 0) is 44.5 Å². The minimum Gasteiger partial charge on any atom is -0.308 e. The van der Waals surface area contributed by atoms with Crippen molar-refractivity contribution in [3.63, 3.8) is 0 Å². The quantitative estimate of drug-likeness (QED) is 0.787. The molecule has 0 spiro atoms. The van der Waals surface area contributed by atoms with E-state index in [1.165, 1.54) is 0 Å². The van der Waals surface area contributed by atoms with Crippen LogP contribution in [0.15, 0.2) is 18.2 Å². The first kappa shape index (κ1) is 14.0. The van der Waals surface area contributed by atoms with E-state index in [4.69, 9.17) is 0 Å². The maximum Gasteiger partial charge on any atom is 0.416 e. The van der Waals surface area contributed by atoms with Gasteiger partial charge in [-0.3, -0.25) is 0 Å². The van der Waals surface area contributed by atoms with E-state index in [9.17, 15) is 17.6 Å². The molecule has 1 aromatic rings. The summed E-state index contributed by atoms with van der Waals surface area (Å²) in [5.74, 6) is -0.870. The third-order valence-corrected chi connectivity index (χ3v) is 2.11. The summed E-state index contributed by atoms with van der Waals surface area (Å²) in [5.41, 5.74) is -0.902. The van der Waals surface area contributed by atoms with Crippen LogP contribution in [-0.4, -0.2) is 5.54 Å². The normalized spacial score (nSPS) is 12.9. The largest absolute Gasteiger partial charge is 0.416 e. The highest BCUT2D eigenvalue weighted by atomic mass is 19.4. The summed E-state index contributed by atoms with van der Waals surface area (Å²) in [6, 6.07) is 2.57. The molecule has 1 aromatic carbocycles.